The lowest BCUT2D eigenvalue weighted by Gasteiger charge is -2.35. The molecule has 2 heterocycles. The molecule has 1 saturated heterocycles. The molecule has 5 heteroatoms. The molecule has 0 spiro atoms. The van der Waals surface area contributed by atoms with Gasteiger partial charge in [-0.3, -0.25) is 4.79 Å². The SMILES string of the molecule is Cc1nc(C(=O)N2CCOCC2c2ccccc2)cs1. The molecule has 1 atom stereocenters. The molecule has 1 aromatic carbocycles. The van der Waals surface area contributed by atoms with Gasteiger partial charge in [0.1, 0.15) is 5.69 Å². The van der Waals surface area contributed by atoms with Crippen LogP contribution in [0.5, 0.6) is 0 Å². The van der Waals surface area contributed by atoms with Gasteiger partial charge in [0.05, 0.1) is 24.3 Å². The molecule has 1 fully saturated rings. The molecular weight excluding hydrogens is 272 g/mol. The van der Waals surface area contributed by atoms with Crippen molar-refractivity contribution in [2.75, 3.05) is 19.8 Å². The largest absolute Gasteiger partial charge is 0.377 e. The van der Waals surface area contributed by atoms with Crippen molar-refractivity contribution in [1.29, 1.82) is 0 Å². The minimum atomic E-state index is -0.0283. The third kappa shape index (κ3) is 2.59. The van der Waals surface area contributed by atoms with Gasteiger partial charge in [-0.15, -0.1) is 11.3 Å². The molecule has 1 aliphatic heterocycles. The van der Waals surface area contributed by atoms with Gasteiger partial charge >= 0.3 is 0 Å². The summed E-state index contributed by atoms with van der Waals surface area (Å²) in [6.07, 6.45) is 0. The predicted octanol–water partition coefficient (Wildman–Crippen LogP) is 2.67. The molecule has 1 amide bonds. The van der Waals surface area contributed by atoms with Gasteiger partial charge in [0.25, 0.3) is 5.91 Å². The van der Waals surface area contributed by atoms with Crippen LogP contribution in [0.25, 0.3) is 0 Å². The van der Waals surface area contributed by atoms with Crippen LogP contribution < -0.4 is 0 Å². The number of carbonyl (C=O) groups excluding carboxylic acids is 1. The summed E-state index contributed by atoms with van der Waals surface area (Å²) in [6, 6.07) is 9.99. The number of carbonyl (C=O) groups is 1. The zero-order valence-corrected chi connectivity index (χ0v) is 12.1. The fourth-order valence-corrected chi connectivity index (χ4v) is 2.99. The molecule has 0 bridgehead atoms. The maximum Gasteiger partial charge on any atom is 0.274 e. The predicted molar refractivity (Wildman–Crippen MR) is 77.9 cm³/mol. The number of aryl methyl sites for hydroxylation is 1. The molecule has 4 nitrogen and oxygen atoms in total. The summed E-state index contributed by atoms with van der Waals surface area (Å²) in [6.45, 7) is 3.64. The fraction of sp³-hybridized carbons (Fsp3) is 0.333. The molecule has 104 valence electrons. The van der Waals surface area contributed by atoms with Crippen molar-refractivity contribution < 1.29 is 9.53 Å². The first kappa shape index (κ1) is 13.3. The third-order valence-corrected chi connectivity index (χ3v) is 4.19. The standard InChI is InChI=1S/C15H16N2O2S/c1-11-16-13(10-20-11)15(18)17-7-8-19-9-14(17)12-5-3-2-4-6-12/h2-6,10,14H,7-9H2,1H3. The van der Waals surface area contributed by atoms with Crippen molar-refractivity contribution in [1.82, 2.24) is 9.88 Å². The fourth-order valence-electron chi connectivity index (χ4n) is 2.41. The van der Waals surface area contributed by atoms with Crippen LogP contribution >= 0.6 is 11.3 Å². The van der Waals surface area contributed by atoms with Gasteiger partial charge in [0.15, 0.2) is 0 Å². The van der Waals surface area contributed by atoms with Crippen LogP contribution in [0, 0.1) is 6.92 Å². The van der Waals surface area contributed by atoms with Crippen molar-refractivity contribution in [3.63, 3.8) is 0 Å². The number of benzene rings is 1. The van der Waals surface area contributed by atoms with E-state index in [0.717, 1.165) is 10.6 Å². The topological polar surface area (TPSA) is 42.4 Å². The van der Waals surface area contributed by atoms with E-state index in [0.29, 0.717) is 25.5 Å². The Morgan fingerprint density at radius 2 is 2.20 bits per heavy atom. The monoisotopic (exact) mass is 288 g/mol. The van der Waals surface area contributed by atoms with Gasteiger partial charge in [-0.25, -0.2) is 4.98 Å². The van der Waals surface area contributed by atoms with E-state index in [1.165, 1.54) is 11.3 Å². The van der Waals surface area contributed by atoms with E-state index in [-0.39, 0.29) is 11.9 Å². The Morgan fingerprint density at radius 1 is 1.40 bits per heavy atom. The first-order valence-corrected chi connectivity index (χ1v) is 7.49. The van der Waals surface area contributed by atoms with E-state index in [9.17, 15) is 4.79 Å². The summed E-state index contributed by atoms with van der Waals surface area (Å²) >= 11 is 1.50. The smallest absolute Gasteiger partial charge is 0.274 e. The number of hydrogen-bond donors (Lipinski definition) is 0. The maximum absolute atomic E-state index is 12.6. The molecule has 1 unspecified atom stereocenters. The average molecular weight is 288 g/mol. The van der Waals surface area contributed by atoms with Crippen LogP contribution in [0.4, 0.5) is 0 Å². The molecule has 0 radical (unpaired) electrons. The lowest BCUT2D eigenvalue weighted by molar-refractivity contribution is -0.00297. The molecule has 0 saturated carbocycles. The molecule has 3 rings (SSSR count). The average Bonchev–Trinajstić information content (AvgIpc) is 2.94. The molecule has 0 aliphatic carbocycles. The summed E-state index contributed by atoms with van der Waals surface area (Å²) in [5.74, 6) is -0.00787. The number of morpholine rings is 1. The highest BCUT2D eigenvalue weighted by molar-refractivity contribution is 7.09. The van der Waals surface area contributed by atoms with Crippen LogP contribution in [0.2, 0.25) is 0 Å². The lowest BCUT2D eigenvalue weighted by Crippen LogP contribution is -2.43. The highest BCUT2D eigenvalue weighted by Gasteiger charge is 2.30. The number of rotatable bonds is 2. The van der Waals surface area contributed by atoms with Gasteiger partial charge in [-0.1, -0.05) is 30.3 Å². The van der Waals surface area contributed by atoms with Crippen molar-refractivity contribution >= 4 is 17.2 Å². The summed E-state index contributed by atoms with van der Waals surface area (Å²) in [7, 11) is 0. The van der Waals surface area contributed by atoms with E-state index in [1.54, 1.807) is 0 Å². The molecular formula is C15H16N2O2S. The van der Waals surface area contributed by atoms with Gasteiger partial charge in [-0.2, -0.15) is 0 Å². The Balaban J connectivity index is 1.87. The van der Waals surface area contributed by atoms with Gasteiger partial charge < -0.3 is 9.64 Å². The van der Waals surface area contributed by atoms with Crippen molar-refractivity contribution in [3.8, 4) is 0 Å². The summed E-state index contributed by atoms with van der Waals surface area (Å²) < 4.78 is 5.55. The number of aromatic nitrogens is 1. The number of hydrogen-bond acceptors (Lipinski definition) is 4. The molecule has 1 aliphatic rings. The first-order chi connectivity index (χ1) is 9.75. The van der Waals surface area contributed by atoms with Crippen LogP contribution in [-0.4, -0.2) is 35.5 Å². The zero-order valence-electron chi connectivity index (χ0n) is 11.3. The second-order valence-corrected chi connectivity index (χ2v) is 5.81. The highest BCUT2D eigenvalue weighted by atomic mass is 32.1. The molecule has 0 N–H and O–H groups in total. The number of thiazole rings is 1. The van der Waals surface area contributed by atoms with Crippen molar-refractivity contribution in [2.24, 2.45) is 0 Å². The number of nitrogens with zero attached hydrogens (tertiary/aromatic N) is 2. The Morgan fingerprint density at radius 3 is 2.90 bits per heavy atom. The Bertz CT molecular complexity index is 597. The van der Waals surface area contributed by atoms with Crippen LogP contribution in [0.3, 0.4) is 0 Å². The van der Waals surface area contributed by atoms with Crippen LogP contribution in [0.1, 0.15) is 27.1 Å². The van der Waals surface area contributed by atoms with Crippen molar-refractivity contribution in [3.05, 3.63) is 52.0 Å². The van der Waals surface area contributed by atoms with Crippen LogP contribution in [-0.2, 0) is 4.74 Å². The quantitative estimate of drug-likeness (QED) is 0.853. The summed E-state index contributed by atoms with van der Waals surface area (Å²) in [5, 5.41) is 2.74. The summed E-state index contributed by atoms with van der Waals surface area (Å²) in [5.41, 5.74) is 1.64. The van der Waals surface area contributed by atoms with Gasteiger partial charge in [-0.05, 0) is 12.5 Å². The van der Waals surface area contributed by atoms with E-state index in [4.69, 9.17) is 4.74 Å². The number of ether oxygens (including phenoxy) is 1. The Hall–Kier alpha value is -1.72. The van der Waals surface area contributed by atoms with E-state index in [1.807, 2.05) is 47.5 Å². The third-order valence-electron chi connectivity index (χ3n) is 3.41. The Labute approximate surface area is 122 Å². The molecule has 2 aromatic rings. The van der Waals surface area contributed by atoms with Crippen LogP contribution in [0.15, 0.2) is 35.7 Å². The van der Waals surface area contributed by atoms with E-state index in [2.05, 4.69) is 4.98 Å². The Kier molecular flexibility index (Phi) is 3.80. The second kappa shape index (κ2) is 5.73. The van der Waals surface area contributed by atoms with E-state index < -0.39 is 0 Å². The van der Waals surface area contributed by atoms with Gasteiger partial charge in [0.2, 0.25) is 0 Å². The molecule has 20 heavy (non-hydrogen) atoms. The molecule has 1 aromatic heterocycles. The minimum absolute atomic E-state index is 0.00787. The van der Waals surface area contributed by atoms with Gasteiger partial charge in [0, 0.05) is 11.9 Å². The zero-order chi connectivity index (χ0) is 13.9. The lowest BCUT2D eigenvalue weighted by atomic mass is 10.0. The first-order valence-electron chi connectivity index (χ1n) is 6.61. The normalized spacial score (nSPS) is 19.1. The van der Waals surface area contributed by atoms with E-state index >= 15 is 0 Å². The van der Waals surface area contributed by atoms with Crippen molar-refractivity contribution in [2.45, 2.75) is 13.0 Å². The minimum Gasteiger partial charge on any atom is -0.377 e. The maximum atomic E-state index is 12.6. The number of amides is 1. The second-order valence-electron chi connectivity index (χ2n) is 4.75. The highest BCUT2D eigenvalue weighted by Crippen LogP contribution is 2.26. The summed E-state index contributed by atoms with van der Waals surface area (Å²) in [4.78, 5) is 18.8.